The Labute approximate surface area is 165 Å². The summed E-state index contributed by atoms with van der Waals surface area (Å²) in [5.41, 5.74) is 1.36. The number of carbonyl (C=O) groups excluding carboxylic acids is 1. The van der Waals surface area contributed by atoms with E-state index in [1.54, 1.807) is 36.4 Å². The van der Waals surface area contributed by atoms with Gasteiger partial charge in [-0.1, -0.05) is 12.1 Å². The van der Waals surface area contributed by atoms with Crippen LogP contribution in [-0.4, -0.2) is 47.9 Å². The van der Waals surface area contributed by atoms with Crippen LogP contribution in [0.5, 0.6) is 5.75 Å². The summed E-state index contributed by atoms with van der Waals surface area (Å²) in [4.78, 5) is 11.6. The van der Waals surface area contributed by atoms with Gasteiger partial charge >= 0.3 is 5.97 Å². The van der Waals surface area contributed by atoms with Crippen LogP contribution in [0.4, 0.5) is 0 Å². The second kappa shape index (κ2) is 10.8. The maximum atomic E-state index is 12.4. The Hall–Kier alpha value is -2.42. The van der Waals surface area contributed by atoms with Crippen LogP contribution in [0.2, 0.25) is 0 Å². The first-order valence-electron chi connectivity index (χ1n) is 8.94. The van der Waals surface area contributed by atoms with E-state index in [9.17, 15) is 13.2 Å². The van der Waals surface area contributed by atoms with Crippen LogP contribution in [0, 0.1) is 0 Å². The molecule has 0 heterocycles. The van der Waals surface area contributed by atoms with E-state index >= 15 is 0 Å². The third-order valence-corrected chi connectivity index (χ3v) is 5.39. The number of hydrogen-bond donors (Lipinski definition) is 1. The predicted molar refractivity (Wildman–Crippen MR) is 105 cm³/mol. The summed E-state index contributed by atoms with van der Waals surface area (Å²) in [7, 11) is -2.28. The molecule has 0 aromatic heterocycles. The van der Waals surface area contributed by atoms with Gasteiger partial charge in [0.15, 0.2) is 0 Å². The van der Waals surface area contributed by atoms with Crippen molar-refractivity contribution in [3.8, 4) is 5.75 Å². The molecule has 152 valence electrons. The summed E-state index contributed by atoms with van der Waals surface area (Å²) in [6.45, 7) is 3.67. The van der Waals surface area contributed by atoms with Crippen molar-refractivity contribution in [2.75, 3.05) is 33.5 Å². The molecule has 2 aromatic carbocycles. The molecule has 0 fully saturated rings. The Kier molecular flexibility index (Phi) is 8.43. The number of esters is 1. The monoisotopic (exact) mass is 407 g/mol. The first kappa shape index (κ1) is 21.9. The van der Waals surface area contributed by atoms with Gasteiger partial charge in [0.25, 0.3) is 0 Å². The molecule has 0 radical (unpaired) electrons. The third-order valence-electron chi connectivity index (χ3n) is 3.92. The van der Waals surface area contributed by atoms with Crippen LogP contribution < -0.4 is 9.46 Å². The molecule has 2 rings (SSSR count). The van der Waals surface area contributed by atoms with Crippen LogP contribution in [0.15, 0.2) is 53.4 Å². The fourth-order valence-corrected chi connectivity index (χ4v) is 3.45. The summed E-state index contributed by atoms with van der Waals surface area (Å²) < 4.78 is 42.6. The number of rotatable bonds is 11. The molecule has 0 aliphatic carbocycles. The van der Waals surface area contributed by atoms with Gasteiger partial charge in [0, 0.05) is 13.2 Å². The Balaban J connectivity index is 1.85. The highest BCUT2D eigenvalue weighted by Gasteiger charge is 2.13. The van der Waals surface area contributed by atoms with E-state index in [2.05, 4.69) is 9.46 Å². The molecule has 0 amide bonds. The number of carbonyl (C=O) groups is 1. The van der Waals surface area contributed by atoms with Crippen molar-refractivity contribution >= 4 is 16.0 Å². The summed E-state index contributed by atoms with van der Waals surface area (Å²) in [6.07, 6.45) is 0.499. The van der Waals surface area contributed by atoms with Gasteiger partial charge in [0.05, 0.1) is 24.2 Å². The normalized spacial score (nSPS) is 11.2. The van der Waals surface area contributed by atoms with Gasteiger partial charge in [-0.05, 0) is 55.3 Å². The van der Waals surface area contributed by atoms with Crippen molar-refractivity contribution < 1.29 is 27.4 Å². The lowest BCUT2D eigenvalue weighted by atomic mass is 10.1. The molecule has 0 unspecified atom stereocenters. The maximum Gasteiger partial charge on any atom is 0.337 e. The predicted octanol–water partition coefficient (Wildman–Crippen LogP) is 2.41. The molecule has 28 heavy (non-hydrogen) atoms. The molecule has 1 N–H and O–H groups in total. The SMILES string of the molecule is CCOCCOc1ccc(S(=O)(=O)NCCc2ccc(C(=O)OC)cc2)cc1. The topological polar surface area (TPSA) is 90.9 Å². The lowest BCUT2D eigenvalue weighted by Gasteiger charge is -2.09. The van der Waals surface area contributed by atoms with Crippen LogP contribution in [0.3, 0.4) is 0 Å². The Bertz CT molecular complexity index is 847. The maximum absolute atomic E-state index is 12.4. The molecule has 2 aromatic rings. The largest absolute Gasteiger partial charge is 0.491 e. The Morgan fingerprint density at radius 1 is 1.00 bits per heavy atom. The lowest BCUT2D eigenvalue weighted by Crippen LogP contribution is -2.26. The standard InChI is InChI=1S/C20H25NO6S/c1-3-26-14-15-27-18-8-10-19(11-9-18)28(23,24)21-13-12-16-4-6-17(7-5-16)20(22)25-2/h4-11,21H,3,12-15H2,1-2H3. The van der Waals surface area contributed by atoms with Gasteiger partial charge in [-0.2, -0.15) is 0 Å². The minimum Gasteiger partial charge on any atom is -0.491 e. The molecule has 0 spiro atoms. The molecule has 0 aliphatic rings. The second-order valence-electron chi connectivity index (χ2n) is 5.85. The zero-order valence-corrected chi connectivity index (χ0v) is 16.8. The highest BCUT2D eigenvalue weighted by molar-refractivity contribution is 7.89. The summed E-state index contributed by atoms with van der Waals surface area (Å²) in [5, 5.41) is 0. The fraction of sp³-hybridized carbons (Fsp3) is 0.350. The van der Waals surface area contributed by atoms with Gasteiger partial charge in [0.1, 0.15) is 12.4 Å². The molecule has 0 aliphatic heterocycles. The van der Waals surface area contributed by atoms with Crippen LogP contribution in [-0.2, 0) is 25.9 Å². The number of nitrogens with one attached hydrogen (secondary N) is 1. The van der Waals surface area contributed by atoms with Crippen molar-refractivity contribution in [3.05, 3.63) is 59.7 Å². The van der Waals surface area contributed by atoms with Gasteiger partial charge in [0.2, 0.25) is 10.0 Å². The number of hydrogen-bond acceptors (Lipinski definition) is 6. The minimum absolute atomic E-state index is 0.172. The van der Waals surface area contributed by atoms with Crippen LogP contribution in [0.25, 0.3) is 0 Å². The minimum atomic E-state index is -3.61. The summed E-state index contributed by atoms with van der Waals surface area (Å²) in [6, 6.07) is 13.1. The van der Waals surface area contributed by atoms with Gasteiger partial charge < -0.3 is 14.2 Å². The molecule has 0 saturated heterocycles. The van der Waals surface area contributed by atoms with Crippen molar-refractivity contribution in [2.45, 2.75) is 18.2 Å². The molecule has 7 nitrogen and oxygen atoms in total. The highest BCUT2D eigenvalue weighted by Crippen LogP contribution is 2.16. The highest BCUT2D eigenvalue weighted by atomic mass is 32.2. The lowest BCUT2D eigenvalue weighted by molar-refractivity contribution is 0.0600. The van der Waals surface area contributed by atoms with E-state index in [4.69, 9.17) is 9.47 Å². The van der Waals surface area contributed by atoms with Crippen molar-refractivity contribution in [2.24, 2.45) is 0 Å². The van der Waals surface area contributed by atoms with E-state index in [0.29, 0.717) is 37.6 Å². The number of ether oxygens (including phenoxy) is 3. The molecule has 8 heteroatoms. The van der Waals surface area contributed by atoms with Crippen LogP contribution in [0.1, 0.15) is 22.8 Å². The quantitative estimate of drug-likeness (QED) is 0.454. The Morgan fingerprint density at radius 2 is 1.68 bits per heavy atom. The fourth-order valence-electron chi connectivity index (χ4n) is 2.42. The van der Waals surface area contributed by atoms with E-state index in [-0.39, 0.29) is 11.4 Å². The van der Waals surface area contributed by atoms with E-state index < -0.39 is 16.0 Å². The van der Waals surface area contributed by atoms with Crippen LogP contribution >= 0.6 is 0 Å². The molecule has 0 saturated carbocycles. The van der Waals surface area contributed by atoms with Gasteiger partial charge in [-0.25, -0.2) is 17.9 Å². The molecule has 0 atom stereocenters. The van der Waals surface area contributed by atoms with Gasteiger partial charge in [-0.3, -0.25) is 0 Å². The first-order valence-corrected chi connectivity index (χ1v) is 10.4. The first-order chi connectivity index (χ1) is 13.5. The van der Waals surface area contributed by atoms with Crippen molar-refractivity contribution in [3.63, 3.8) is 0 Å². The zero-order chi connectivity index (χ0) is 20.4. The van der Waals surface area contributed by atoms with E-state index in [0.717, 1.165) is 5.56 Å². The molecule has 0 bridgehead atoms. The van der Waals surface area contributed by atoms with Gasteiger partial charge in [-0.15, -0.1) is 0 Å². The van der Waals surface area contributed by atoms with E-state index in [1.807, 2.05) is 6.92 Å². The average Bonchev–Trinajstić information content (AvgIpc) is 2.71. The average molecular weight is 407 g/mol. The summed E-state index contributed by atoms with van der Waals surface area (Å²) in [5.74, 6) is 0.182. The van der Waals surface area contributed by atoms with Crippen molar-refractivity contribution in [1.82, 2.24) is 4.72 Å². The summed E-state index contributed by atoms with van der Waals surface area (Å²) >= 11 is 0. The number of methoxy groups -OCH3 is 1. The third kappa shape index (κ3) is 6.63. The second-order valence-corrected chi connectivity index (χ2v) is 7.62. The Morgan fingerprint density at radius 3 is 2.29 bits per heavy atom. The zero-order valence-electron chi connectivity index (χ0n) is 16.0. The molecular formula is C20H25NO6S. The van der Waals surface area contributed by atoms with Crippen molar-refractivity contribution in [1.29, 1.82) is 0 Å². The smallest absolute Gasteiger partial charge is 0.337 e. The number of benzene rings is 2. The van der Waals surface area contributed by atoms with E-state index in [1.165, 1.54) is 19.2 Å². The molecular weight excluding hydrogens is 382 g/mol. The number of sulfonamides is 1.